The maximum Gasteiger partial charge on any atom is 0.251 e. The summed E-state index contributed by atoms with van der Waals surface area (Å²) in [6.07, 6.45) is 10.0. The zero-order valence-corrected chi connectivity index (χ0v) is 20.9. The predicted molar refractivity (Wildman–Crippen MR) is 139 cm³/mol. The molecule has 3 aromatic rings. The lowest BCUT2D eigenvalue weighted by Crippen LogP contribution is -2.51. The number of carbonyl (C=O) groups is 2. The molecule has 36 heavy (non-hydrogen) atoms. The highest BCUT2D eigenvalue weighted by molar-refractivity contribution is 6.02. The van der Waals surface area contributed by atoms with E-state index in [1.807, 2.05) is 6.07 Å². The van der Waals surface area contributed by atoms with Crippen LogP contribution in [-0.4, -0.2) is 23.2 Å². The molecule has 4 nitrogen and oxygen atoms in total. The minimum absolute atomic E-state index is 0.113. The SMILES string of the molecule is CCCCNC(=O)c1ccc(-c2cc3c(CC4C5CC4C5)c(C(=O)CC4CC4)cnc3cc2F)cc1. The molecule has 4 saturated carbocycles. The molecule has 0 atom stereocenters. The fourth-order valence-electron chi connectivity index (χ4n) is 5.90. The number of rotatable bonds is 10. The van der Waals surface area contributed by atoms with E-state index in [0.29, 0.717) is 47.0 Å². The molecule has 2 aromatic carbocycles. The van der Waals surface area contributed by atoms with Crippen molar-refractivity contribution in [1.82, 2.24) is 10.3 Å². The monoisotopic (exact) mass is 484 g/mol. The Kier molecular flexibility index (Phi) is 6.10. The predicted octanol–water partition coefficient (Wildman–Crippen LogP) is 6.75. The van der Waals surface area contributed by atoms with E-state index in [4.69, 9.17) is 0 Å². The van der Waals surface area contributed by atoms with Gasteiger partial charge in [-0.3, -0.25) is 14.6 Å². The maximum atomic E-state index is 15.3. The van der Waals surface area contributed by atoms with Crippen molar-refractivity contribution in [3.8, 4) is 11.1 Å². The number of amides is 1. The first-order valence-corrected chi connectivity index (χ1v) is 13.5. The molecule has 4 aliphatic carbocycles. The summed E-state index contributed by atoms with van der Waals surface area (Å²) in [5.74, 6) is 2.44. The molecule has 4 fully saturated rings. The highest BCUT2D eigenvalue weighted by Crippen LogP contribution is 2.60. The molecule has 0 radical (unpaired) electrons. The topological polar surface area (TPSA) is 59.1 Å². The van der Waals surface area contributed by atoms with Crippen molar-refractivity contribution < 1.29 is 14.0 Å². The summed E-state index contributed by atoms with van der Waals surface area (Å²) in [5.41, 5.74) is 4.15. The van der Waals surface area contributed by atoms with Crippen molar-refractivity contribution >= 4 is 22.6 Å². The third-order valence-electron chi connectivity index (χ3n) is 8.68. The van der Waals surface area contributed by atoms with Crippen LogP contribution >= 0.6 is 0 Å². The van der Waals surface area contributed by atoms with Gasteiger partial charge in [-0.05, 0) is 91.5 Å². The van der Waals surface area contributed by atoms with Crippen molar-refractivity contribution in [3.63, 3.8) is 0 Å². The number of carbonyl (C=O) groups excluding carboxylic acids is 2. The molecule has 4 aliphatic rings. The van der Waals surface area contributed by atoms with Crippen LogP contribution in [0.25, 0.3) is 22.0 Å². The van der Waals surface area contributed by atoms with Crippen molar-refractivity contribution in [1.29, 1.82) is 0 Å². The van der Waals surface area contributed by atoms with Gasteiger partial charge in [0, 0.05) is 47.3 Å². The lowest BCUT2D eigenvalue weighted by Gasteiger charge is -2.58. The van der Waals surface area contributed by atoms with Crippen LogP contribution in [0.4, 0.5) is 4.39 Å². The van der Waals surface area contributed by atoms with Gasteiger partial charge in [-0.15, -0.1) is 0 Å². The van der Waals surface area contributed by atoms with E-state index < -0.39 is 0 Å². The normalized spacial score (nSPS) is 22.1. The van der Waals surface area contributed by atoms with Crippen molar-refractivity contribution in [2.75, 3.05) is 6.54 Å². The summed E-state index contributed by atoms with van der Waals surface area (Å²) in [6.45, 7) is 2.73. The Morgan fingerprint density at radius 3 is 2.47 bits per heavy atom. The van der Waals surface area contributed by atoms with Gasteiger partial charge in [0.1, 0.15) is 5.82 Å². The first-order valence-electron chi connectivity index (χ1n) is 13.5. The molecule has 0 aliphatic heterocycles. The number of hydrogen-bond acceptors (Lipinski definition) is 3. The van der Waals surface area contributed by atoms with Crippen molar-refractivity contribution in [2.45, 2.75) is 58.3 Å². The van der Waals surface area contributed by atoms with Gasteiger partial charge < -0.3 is 5.32 Å². The minimum atomic E-state index is -0.343. The summed E-state index contributed by atoms with van der Waals surface area (Å²) in [5, 5.41) is 3.81. The molecule has 5 heteroatoms. The Labute approximate surface area is 211 Å². The quantitative estimate of drug-likeness (QED) is 0.256. The number of nitrogens with zero attached hydrogens (tertiary/aromatic N) is 1. The highest BCUT2D eigenvalue weighted by atomic mass is 19.1. The number of fused-ring (bicyclic) bond motifs is 1. The van der Waals surface area contributed by atoms with Gasteiger partial charge in [-0.2, -0.15) is 0 Å². The standard InChI is InChI=1S/C31H33FN2O2/c1-2-3-10-33-31(36)20-8-6-19(7-9-20)24-15-26-25(14-23-21-12-22(23)13-21)27(30(35)11-18-4-5-18)17-34-29(26)16-28(24)32/h6-9,15-18,21-23H,2-5,10-14H2,1H3,(H,33,36). The smallest absolute Gasteiger partial charge is 0.251 e. The van der Waals surface area contributed by atoms with Gasteiger partial charge >= 0.3 is 0 Å². The van der Waals surface area contributed by atoms with E-state index >= 15 is 4.39 Å². The van der Waals surface area contributed by atoms with E-state index in [0.717, 1.165) is 60.5 Å². The van der Waals surface area contributed by atoms with E-state index in [2.05, 4.69) is 17.2 Å². The number of benzene rings is 2. The van der Waals surface area contributed by atoms with Crippen LogP contribution in [0.2, 0.25) is 0 Å². The Hall–Kier alpha value is -3.08. The molecule has 1 N–H and O–H groups in total. The molecule has 1 aromatic heterocycles. The van der Waals surface area contributed by atoms with E-state index in [1.165, 1.54) is 18.9 Å². The number of halogens is 1. The van der Waals surface area contributed by atoms with Crippen molar-refractivity contribution in [2.24, 2.45) is 23.7 Å². The van der Waals surface area contributed by atoms with E-state index in [1.54, 1.807) is 30.5 Å². The second-order valence-electron chi connectivity index (χ2n) is 11.1. The second-order valence-corrected chi connectivity index (χ2v) is 11.1. The molecule has 0 unspecified atom stereocenters. The highest BCUT2D eigenvalue weighted by Gasteiger charge is 2.52. The fraction of sp³-hybridized carbons (Fsp3) is 0.452. The molecule has 186 valence electrons. The zero-order chi connectivity index (χ0) is 24.8. The van der Waals surface area contributed by atoms with Crippen LogP contribution in [0.3, 0.4) is 0 Å². The van der Waals surface area contributed by atoms with E-state index in [-0.39, 0.29) is 17.5 Å². The first-order chi connectivity index (χ1) is 17.5. The van der Waals surface area contributed by atoms with Gasteiger partial charge in [0.25, 0.3) is 5.91 Å². The fourth-order valence-corrected chi connectivity index (χ4v) is 5.90. The lowest BCUT2D eigenvalue weighted by molar-refractivity contribution is -0.0793. The van der Waals surface area contributed by atoms with Crippen LogP contribution in [0.5, 0.6) is 0 Å². The molecule has 0 saturated heterocycles. The summed E-state index contributed by atoms with van der Waals surface area (Å²) in [4.78, 5) is 30.1. The Morgan fingerprint density at radius 1 is 1.08 bits per heavy atom. The van der Waals surface area contributed by atoms with Crippen LogP contribution in [-0.2, 0) is 6.42 Å². The van der Waals surface area contributed by atoms with Gasteiger partial charge in [-0.25, -0.2) is 4.39 Å². The molecule has 1 amide bonds. The van der Waals surface area contributed by atoms with E-state index in [9.17, 15) is 9.59 Å². The van der Waals surface area contributed by atoms with Crippen LogP contribution in [0.15, 0.2) is 42.6 Å². The number of nitrogens with one attached hydrogen (secondary N) is 1. The number of hydrogen-bond donors (Lipinski definition) is 1. The maximum absolute atomic E-state index is 15.3. The van der Waals surface area contributed by atoms with Crippen LogP contribution in [0, 0.1) is 29.5 Å². The zero-order valence-electron chi connectivity index (χ0n) is 20.9. The molecule has 2 bridgehead atoms. The minimum Gasteiger partial charge on any atom is -0.352 e. The number of Topliss-reactive ketones (excluding diaryl/α,β-unsaturated/α-hetero) is 1. The van der Waals surface area contributed by atoms with Crippen LogP contribution in [0.1, 0.15) is 78.1 Å². The number of ketones is 1. The largest absolute Gasteiger partial charge is 0.352 e. The summed E-state index contributed by atoms with van der Waals surface area (Å²) >= 11 is 0. The van der Waals surface area contributed by atoms with Crippen molar-refractivity contribution in [3.05, 3.63) is 65.1 Å². The molecular weight excluding hydrogens is 451 g/mol. The number of pyridine rings is 1. The lowest BCUT2D eigenvalue weighted by atomic mass is 9.47. The average Bonchev–Trinajstić information content (AvgIpc) is 3.64. The molecule has 7 rings (SSSR count). The Balaban J connectivity index is 1.35. The summed E-state index contributed by atoms with van der Waals surface area (Å²) < 4.78 is 15.3. The first kappa shape index (κ1) is 23.3. The summed E-state index contributed by atoms with van der Waals surface area (Å²) in [7, 11) is 0. The molecule has 1 heterocycles. The Bertz CT molecular complexity index is 1310. The molecule has 0 spiro atoms. The van der Waals surface area contributed by atoms with Gasteiger partial charge in [0.15, 0.2) is 5.78 Å². The van der Waals surface area contributed by atoms with Gasteiger partial charge in [-0.1, -0.05) is 25.5 Å². The van der Waals surface area contributed by atoms with Gasteiger partial charge in [0.2, 0.25) is 0 Å². The van der Waals surface area contributed by atoms with Gasteiger partial charge in [0.05, 0.1) is 5.52 Å². The third kappa shape index (κ3) is 4.33. The van der Waals surface area contributed by atoms with Crippen LogP contribution < -0.4 is 5.32 Å². The summed E-state index contributed by atoms with van der Waals surface area (Å²) in [6, 6.07) is 10.5. The average molecular weight is 485 g/mol. The number of aromatic nitrogens is 1. The third-order valence-corrected chi connectivity index (χ3v) is 8.68. The molecular formula is C31H33FN2O2. The Morgan fingerprint density at radius 2 is 1.83 bits per heavy atom. The number of unbranched alkanes of at least 4 members (excludes halogenated alkanes) is 1. The second kappa shape index (κ2) is 9.42.